The predicted molar refractivity (Wildman–Crippen MR) is 105 cm³/mol. The number of rotatable bonds is 4. The molecular formula is C19H15Cl2NOS. The minimum atomic E-state index is -0.0746. The zero-order valence-corrected chi connectivity index (χ0v) is 15.3. The molecule has 1 N–H and O–H groups in total. The van der Waals surface area contributed by atoms with Crippen molar-refractivity contribution in [3.63, 3.8) is 0 Å². The number of benzene rings is 3. The first-order chi connectivity index (χ1) is 11.5. The van der Waals surface area contributed by atoms with Gasteiger partial charge < -0.3 is 5.32 Å². The van der Waals surface area contributed by atoms with Crippen LogP contribution in [0.25, 0.3) is 10.8 Å². The van der Waals surface area contributed by atoms with Crippen LogP contribution in [0.3, 0.4) is 0 Å². The highest BCUT2D eigenvalue weighted by Crippen LogP contribution is 2.33. The summed E-state index contributed by atoms with van der Waals surface area (Å²) in [6.07, 6.45) is 0. The van der Waals surface area contributed by atoms with E-state index in [1.165, 1.54) is 11.8 Å². The molecule has 0 radical (unpaired) electrons. The smallest absolute Gasteiger partial charge is 0.234 e. The number of halogens is 2. The number of anilines is 1. The number of carbonyl (C=O) groups is 1. The number of fused-ring (bicyclic) bond motifs is 1. The standard InChI is InChI=1S/C19H15Cl2NOS/c1-12-8-9-14(20)10-16(12)22-18(23)11-24-17-7-3-5-13-4-2-6-15(21)19(13)17/h2-10H,11H2,1H3,(H,22,23). The minimum Gasteiger partial charge on any atom is -0.325 e. The summed E-state index contributed by atoms with van der Waals surface area (Å²) in [7, 11) is 0. The van der Waals surface area contributed by atoms with Crippen molar-refractivity contribution >= 4 is 57.3 Å². The number of hydrogen-bond donors (Lipinski definition) is 1. The molecule has 24 heavy (non-hydrogen) atoms. The molecule has 0 unspecified atom stereocenters. The molecular weight excluding hydrogens is 361 g/mol. The highest BCUT2D eigenvalue weighted by Gasteiger charge is 2.10. The molecule has 0 aliphatic carbocycles. The third-order valence-electron chi connectivity index (χ3n) is 3.65. The van der Waals surface area contributed by atoms with E-state index in [0.29, 0.717) is 15.8 Å². The summed E-state index contributed by atoms with van der Waals surface area (Å²) in [6, 6.07) is 17.2. The lowest BCUT2D eigenvalue weighted by Crippen LogP contribution is -2.14. The average molecular weight is 376 g/mol. The maximum atomic E-state index is 12.3. The van der Waals surface area contributed by atoms with Crippen LogP contribution in [0.5, 0.6) is 0 Å². The molecule has 0 fully saturated rings. The Labute approximate surface area is 155 Å². The minimum absolute atomic E-state index is 0.0746. The van der Waals surface area contributed by atoms with Crippen LogP contribution in [0.4, 0.5) is 5.69 Å². The molecule has 0 atom stereocenters. The van der Waals surface area contributed by atoms with Crippen LogP contribution in [0.15, 0.2) is 59.5 Å². The largest absolute Gasteiger partial charge is 0.325 e. The average Bonchev–Trinajstić information content (AvgIpc) is 2.56. The van der Waals surface area contributed by atoms with Crippen LogP contribution >= 0.6 is 35.0 Å². The van der Waals surface area contributed by atoms with E-state index in [2.05, 4.69) is 5.32 Å². The molecule has 122 valence electrons. The fraction of sp³-hybridized carbons (Fsp3) is 0.105. The number of nitrogens with one attached hydrogen (secondary N) is 1. The molecule has 5 heteroatoms. The SMILES string of the molecule is Cc1ccc(Cl)cc1NC(=O)CSc1cccc2cccc(Cl)c12. The Balaban J connectivity index is 1.74. The monoisotopic (exact) mass is 375 g/mol. The van der Waals surface area contributed by atoms with Gasteiger partial charge in [-0.25, -0.2) is 0 Å². The van der Waals surface area contributed by atoms with E-state index in [1.807, 2.05) is 49.4 Å². The van der Waals surface area contributed by atoms with E-state index in [4.69, 9.17) is 23.2 Å². The van der Waals surface area contributed by atoms with Crippen molar-refractivity contribution in [2.45, 2.75) is 11.8 Å². The van der Waals surface area contributed by atoms with E-state index >= 15 is 0 Å². The number of thioether (sulfide) groups is 1. The second kappa shape index (κ2) is 7.47. The first-order valence-electron chi connectivity index (χ1n) is 7.40. The fourth-order valence-corrected chi connectivity index (χ4v) is 3.86. The summed E-state index contributed by atoms with van der Waals surface area (Å²) in [4.78, 5) is 13.3. The summed E-state index contributed by atoms with van der Waals surface area (Å²) in [5.41, 5.74) is 1.72. The van der Waals surface area contributed by atoms with Gasteiger partial charge in [-0.2, -0.15) is 0 Å². The number of carbonyl (C=O) groups excluding carboxylic acids is 1. The van der Waals surface area contributed by atoms with Crippen molar-refractivity contribution in [1.82, 2.24) is 0 Å². The molecule has 0 saturated carbocycles. The summed E-state index contributed by atoms with van der Waals surface area (Å²) < 4.78 is 0. The van der Waals surface area contributed by atoms with Gasteiger partial charge in [-0.1, -0.05) is 53.5 Å². The van der Waals surface area contributed by atoms with Crippen LogP contribution in [-0.2, 0) is 4.79 Å². The molecule has 0 spiro atoms. The predicted octanol–water partition coefficient (Wildman–Crippen LogP) is 6.19. The Bertz CT molecular complexity index is 906. The van der Waals surface area contributed by atoms with Crippen LogP contribution < -0.4 is 5.32 Å². The summed E-state index contributed by atoms with van der Waals surface area (Å²) in [5.74, 6) is 0.227. The third-order valence-corrected chi connectivity index (χ3v) is 5.26. The Kier molecular flexibility index (Phi) is 5.34. The van der Waals surface area contributed by atoms with Gasteiger partial charge in [0.25, 0.3) is 0 Å². The highest BCUT2D eigenvalue weighted by molar-refractivity contribution is 8.00. The van der Waals surface area contributed by atoms with Crippen molar-refractivity contribution in [2.75, 3.05) is 11.1 Å². The van der Waals surface area contributed by atoms with Gasteiger partial charge in [0.1, 0.15) is 0 Å². The Hall–Kier alpha value is -1.68. The molecule has 3 rings (SSSR count). The molecule has 0 aliphatic rings. The number of aryl methyl sites for hydroxylation is 1. The zero-order chi connectivity index (χ0) is 17.1. The van der Waals surface area contributed by atoms with Gasteiger partial charge >= 0.3 is 0 Å². The molecule has 0 heterocycles. The molecule has 0 bridgehead atoms. The van der Waals surface area contributed by atoms with Crippen molar-refractivity contribution in [3.05, 3.63) is 70.2 Å². The van der Waals surface area contributed by atoms with E-state index in [9.17, 15) is 4.79 Å². The Morgan fingerprint density at radius 3 is 2.62 bits per heavy atom. The fourth-order valence-electron chi connectivity index (χ4n) is 2.44. The van der Waals surface area contributed by atoms with E-state index < -0.39 is 0 Å². The topological polar surface area (TPSA) is 29.1 Å². The second-order valence-electron chi connectivity index (χ2n) is 5.39. The number of amides is 1. The van der Waals surface area contributed by atoms with Gasteiger partial charge in [0.2, 0.25) is 5.91 Å². The molecule has 0 aliphatic heterocycles. The zero-order valence-electron chi connectivity index (χ0n) is 13.0. The Morgan fingerprint density at radius 1 is 1.08 bits per heavy atom. The van der Waals surface area contributed by atoms with Gasteiger partial charge in [-0.15, -0.1) is 11.8 Å². The lowest BCUT2D eigenvalue weighted by molar-refractivity contribution is -0.113. The van der Waals surface area contributed by atoms with Gasteiger partial charge in [0.15, 0.2) is 0 Å². The molecule has 3 aromatic carbocycles. The maximum absolute atomic E-state index is 12.3. The van der Waals surface area contributed by atoms with Gasteiger partial charge in [0.05, 0.1) is 5.75 Å². The van der Waals surface area contributed by atoms with Crippen LogP contribution in [0.1, 0.15) is 5.56 Å². The summed E-state index contributed by atoms with van der Waals surface area (Å²) in [6.45, 7) is 1.93. The maximum Gasteiger partial charge on any atom is 0.234 e. The lowest BCUT2D eigenvalue weighted by atomic mass is 10.1. The van der Waals surface area contributed by atoms with Crippen molar-refractivity contribution in [3.8, 4) is 0 Å². The first kappa shape index (κ1) is 17.2. The van der Waals surface area contributed by atoms with E-state index in [0.717, 1.165) is 26.9 Å². The quantitative estimate of drug-likeness (QED) is 0.551. The third kappa shape index (κ3) is 3.86. The highest BCUT2D eigenvalue weighted by atomic mass is 35.5. The lowest BCUT2D eigenvalue weighted by Gasteiger charge is -2.10. The van der Waals surface area contributed by atoms with Crippen molar-refractivity contribution < 1.29 is 4.79 Å². The van der Waals surface area contributed by atoms with Crippen molar-refractivity contribution in [1.29, 1.82) is 0 Å². The van der Waals surface area contributed by atoms with Crippen LogP contribution in [0, 0.1) is 6.92 Å². The number of hydrogen-bond acceptors (Lipinski definition) is 2. The molecule has 2 nitrogen and oxygen atoms in total. The van der Waals surface area contributed by atoms with E-state index in [-0.39, 0.29) is 5.91 Å². The molecule has 0 saturated heterocycles. The Morgan fingerprint density at radius 2 is 1.83 bits per heavy atom. The van der Waals surface area contributed by atoms with Crippen molar-refractivity contribution in [2.24, 2.45) is 0 Å². The van der Waals surface area contributed by atoms with Gasteiger partial charge in [-0.3, -0.25) is 4.79 Å². The second-order valence-corrected chi connectivity index (χ2v) is 7.25. The normalized spacial score (nSPS) is 10.8. The summed E-state index contributed by atoms with van der Waals surface area (Å²) in [5, 5.41) is 6.26. The van der Waals surface area contributed by atoms with Gasteiger partial charge in [-0.05, 0) is 42.1 Å². The summed E-state index contributed by atoms with van der Waals surface area (Å²) >= 11 is 13.8. The van der Waals surface area contributed by atoms with Crippen LogP contribution in [0.2, 0.25) is 10.0 Å². The molecule has 0 aromatic heterocycles. The van der Waals surface area contributed by atoms with Gasteiger partial charge in [0, 0.05) is 26.0 Å². The van der Waals surface area contributed by atoms with E-state index in [1.54, 1.807) is 12.1 Å². The van der Waals surface area contributed by atoms with Crippen LogP contribution in [-0.4, -0.2) is 11.7 Å². The molecule has 3 aromatic rings. The molecule has 1 amide bonds. The first-order valence-corrected chi connectivity index (χ1v) is 9.15.